The molecule has 124 valence electrons. The number of thioether (sulfide) groups is 1. The first-order chi connectivity index (χ1) is 9.99. The third-order valence-electron chi connectivity index (χ3n) is 3.91. The van der Waals surface area contributed by atoms with Gasteiger partial charge in [0.2, 0.25) is 5.91 Å². The molecule has 3 nitrogen and oxygen atoms in total. The summed E-state index contributed by atoms with van der Waals surface area (Å²) >= 11 is 5.04. The van der Waals surface area contributed by atoms with Crippen LogP contribution in [-0.4, -0.2) is 34.7 Å². The van der Waals surface area contributed by atoms with Gasteiger partial charge in [-0.25, -0.2) is 0 Å². The molecule has 1 heterocycles. The Balaban J connectivity index is 0.00000242. The summed E-state index contributed by atoms with van der Waals surface area (Å²) < 4.78 is 1.05. The van der Waals surface area contributed by atoms with Crippen LogP contribution < -0.4 is 5.73 Å². The zero-order valence-electron chi connectivity index (χ0n) is 13.0. The molecule has 3 atom stereocenters. The predicted molar refractivity (Wildman–Crippen MR) is 99.7 cm³/mol. The van der Waals surface area contributed by atoms with E-state index in [1.54, 1.807) is 11.8 Å². The molecule has 0 saturated carbocycles. The Labute approximate surface area is 151 Å². The molecule has 1 amide bonds. The second-order valence-corrected chi connectivity index (χ2v) is 8.00. The molecule has 1 aliphatic heterocycles. The summed E-state index contributed by atoms with van der Waals surface area (Å²) in [6.45, 7) is 4.83. The minimum Gasteiger partial charge on any atom is -0.337 e. The molecule has 1 aromatic rings. The summed E-state index contributed by atoms with van der Waals surface area (Å²) in [5, 5.41) is -0.0782. The van der Waals surface area contributed by atoms with Gasteiger partial charge in [0.1, 0.15) is 0 Å². The molecule has 3 unspecified atom stereocenters. The zero-order valence-corrected chi connectivity index (χ0v) is 16.2. The summed E-state index contributed by atoms with van der Waals surface area (Å²) in [6.07, 6.45) is 3.29. The molecule has 1 saturated heterocycles. The van der Waals surface area contributed by atoms with Gasteiger partial charge >= 0.3 is 0 Å². The van der Waals surface area contributed by atoms with Crippen molar-refractivity contribution in [1.82, 2.24) is 4.90 Å². The predicted octanol–water partition coefficient (Wildman–Crippen LogP) is 4.08. The Morgan fingerprint density at radius 3 is 2.55 bits per heavy atom. The molecule has 0 spiro atoms. The van der Waals surface area contributed by atoms with Crippen LogP contribution in [0, 0.1) is 0 Å². The first-order valence-corrected chi connectivity index (χ1v) is 9.14. The standard InChI is InChI=1S/C16H23BrN2OS.ClH/c1-11(18)15-5-3-4-10-19(15)16(20)12(2)21-14-8-6-13(17)7-9-14;/h6-9,11-12,15H,3-5,10,18H2,1-2H3;1H. The molecular weight excluding hydrogens is 384 g/mol. The highest BCUT2D eigenvalue weighted by molar-refractivity contribution is 9.10. The fourth-order valence-electron chi connectivity index (χ4n) is 2.78. The smallest absolute Gasteiger partial charge is 0.236 e. The Hall–Kier alpha value is -0.230. The Bertz CT molecular complexity index is 484. The maximum atomic E-state index is 12.7. The first kappa shape index (κ1) is 19.8. The average Bonchev–Trinajstić information content (AvgIpc) is 2.48. The average molecular weight is 408 g/mol. The third kappa shape index (κ3) is 5.15. The van der Waals surface area contributed by atoms with E-state index < -0.39 is 0 Å². The molecule has 2 rings (SSSR count). The van der Waals surface area contributed by atoms with E-state index in [9.17, 15) is 4.79 Å². The molecule has 22 heavy (non-hydrogen) atoms. The zero-order chi connectivity index (χ0) is 15.4. The number of carbonyl (C=O) groups is 1. The van der Waals surface area contributed by atoms with E-state index in [1.165, 1.54) is 6.42 Å². The highest BCUT2D eigenvalue weighted by Gasteiger charge is 2.31. The lowest BCUT2D eigenvalue weighted by molar-refractivity contribution is -0.134. The Morgan fingerprint density at radius 1 is 1.32 bits per heavy atom. The van der Waals surface area contributed by atoms with Gasteiger partial charge in [-0.15, -0.1) is 24.2 Å². The number of halogens is 2. The number of amides is 1. The summed E-state index contributed by atoms with van der Waals surface area (Å²) in [5.41, 5.74) is 6.06. The van der Waals surface area contributed by atoms with Crippen molar-refractivity contribution in [3.63, 3.8) is 0 Å². The Kier molecular flexibility index (Phi) is 8.25. The van der Waals surface area contributed by atoms with Gasteiger partial charge in [0.25, 0.3) is 0 Å². The number of nitrogens with zero attached hydrogens (tertiary/aromatic N) is 1. The van der Waals surface area contributed by atoms with Crippen molar-refractivity contribution in [1.29, 1.82) is 0 Å². The number of likely N-dealkylation sites (tertiary alicyclic amines) is 1. The van der Waals surface area contributed by atoms with Gasteiger partial charge in [-0.1, -0.05) is 15.9 Å². The van der Waals surface area contributed by atoms with E-state index in [1.807, 2.05) is 43.0 Å². The molecule has 0 aliphatic carbocycles. The van der Waals surface area contributed by atoms with Crippen molar-refractivity contribution >= 4 is 46.0 Å². The monoisotopic (exact) mass is 406 g/mol. The number of carbonyl (C=O) groups excluding carboxylic acids is 1. The van der Waals surface area contributed by atoms with Gasteiger partial charge in [-0.05, 0) is 57.4 Å². The summed E-state index contributed by atoms with van der Waals surface area (Å²) in [5.74, 6) is 0.213. The van der Waals surface area contributed by atoms with Gasteiger partial charge in [0, 0.05) is 28.0 Å². The van der Waals surface area contributed by atoms with Crippen LogP contribution in [0.2, 0.25) is 0 Å². The summed E-state index contributed by atoms with van der Waals surface area (Å²) in [6, 6.07) is 8.32. The molecule has 6 heteroatoms. The van der Waals surface area contributed by atoms with Crippen molar-refractivity contribution in [3.8, 4) is 0 Å². The van der Waals surface area contributed by atoms with Gasteiger partial charge in [0.05, 0.1) is 5.25 Å². The second kappa shape index (κ2) is 9.16. The van der Waals surface area contributed by atoms with Crippen LogP contribution in [0.5, 0.6) is 0 Å². The van der Waals surface area contributed by atoms with E-state index in [2.05, 4.69) is 15.9 Å². The molecule has 0 radical (unpaired) electrons. The van der Waals surface area contributed by atoms with Crippen molar-refractivity contribution < 1.29 is 4.79 Å². The van der Waals surface area contributed by atoms with Gasteiger partial charge < -0.3 is 10.6 Å². The number of hydrogen-bond donors (Lipinski definition) is 1. The number of rotatable bonds is 4. The molecule has 0 aromatic heterocycles. The van der Waals surface area contributed by atoms with Crippen molar-refractivity contribution in [2.24, 2.45) is 5.73 Å². The molecule has 1 aromatic carbocycles. The molecule has 0 bridgehead atoms. The topological polar surface area (TPSA) is 46.3 Å². The second-order valence-electron chi connectivity index (χ2n) is 5.67. The van der Waals surface area contributed by atoms with Crippen LogP contribution in [0.3, 0.4) is 0 Å². The van der Waals surface area contributed by atoms with E-state index in [0.717, 1.165) is 28.8 Å². The minimum absolute atomic E-state index is 0. The van der Waals surface area contributed by atoms with Gasteiger partial charge in [-0.3, -0.25) is 4.79 Å². The first-order valence-electron chi connectivity index (χ1n) is 7.47. The number of piperidine rings is 1. The maximum absolute atomic E-state index is 12.7. The van der Waals surface area contributed by atoms with Gasteiger partial charge in [0.15, 0.2) is 0 Å². The van der Waals surface area contributed by atoms with E-state index in [4.69, 9.17) is 5.73 Å². The van der Waals surface area contributed by atoms with Crippen molar-refractivity contribution in [2.45, 2.75) is 55.3 Å². The van der Waals surface area contributed by atoms with Crippen molar-refractivity contribution in [2.75, 3.05) is 6.54 Å². The van der Waals surface area contributed by atoms with Crippen LogP contribution in [0.1, 0.15) is 33.1 Å². The molecule has 2 N–H and O–H groups in total. The molecular formula is C16H24BrClN2OS. The van der Waals surface area contributed by atoms with Crippen LogP contribution in [0.25, 0.3) is 0 Å². The minimum atomic E-state index is -0.0782. The highest BCUT2D eigenvalue weighted by Crippen LogP contribution is 2.28. The SMILES string of the molecule is CC(Sc1ccc(Br)cc1)C(=O)N1CCCCC1C(C)N.Cl. The van der Waals surface area contributed by atoms with E-state index in [0.29, 0.717) is 0 Å². The third-order valence-corrected chi connectivity index (χ3v) is 5.54. The number of nitrogens with two attached hydrogens (primary N) is 1. The van der Waals surface area contributed by atoms with Crippen molar-refractivity contribution in [3.05, 3.63) is 28.7 Å². The van der Waals surface area contributed by atoms with Gasteiger partial charge in [-0.2, -0.15) is 0 Å². The largest absolute Gasteiger partial charge is 0.337 e. The number of hydrogen-bond acceptors (Lipinski definition) is 3. The lowest BCUT2D eigenvalue weighted by Crippen LogP contribution is -2.53. The summed E-state index contributed by atoms with van der Waals surface area (Å²) in [7, 11) is 0. The number of benzene rings is 1. The highest BCUT2D eigenvalue weighted by atomic mass is 79.9. The van der Waals surface area contributed by atoms with E-state index in [-0.39, 0.29) is 35.6 Å². The van der Waals surface area contributed by atoms with E-state index >= 15 is 0 Å². The fourth-order valence-corrected chi connectivity index (χ4v) is 3.98. The normalized spacial score (nSPS) is 20.9. The quantitative estimate of drug-likeness (QED) is 0.765. The fraction of sp³-hybridized carbons (Fsp3) is 0.562. The molecule has 1 fully saturated rings. The molecule has 1 aliphatic rings. The lowest BCUT2D eigenvalue weighted by atomic mass is 9.96. The van der Waals surface area contributed by atoms with Crippen LogP contribution in [-0.2, 0) is 4.79 Å². The van der Waals surface area contributed by atoms with Crippen LogP contribution in [0.4, 0.5) is 0 Å². The summed E-state index contributed by atoms with van der Waals surface area (Å²) in [4.78, 5) is 15.8. The van der Waals surface area contributed by atoms with Crippen LogP contribution >= 0.6 is 40.1 Å². The van der Waals surface area contributed by atoms with Crippen LogP contribution in [0.15, 0.2) is 33.6 Å². The maximum Gasteiger partial charge on any atom is 0.236 e. The lowest BCUT2D eigenvalue weighted by Gasteiger charge is -2.39. The Morgan fingerprint density at radius 2 is 1.95 bits per heavy atom.